The lowest BCUT2D eigenvalue weighted by atomic mass is 9.84. The van der Waals surface area contributed by atoms with Crippen molar-refractivity contribution in [3.05, 3.63) is 47.3 Å². The van der Waals surface area contributed by atoms with Gasteiger partial charge in [-0.15, -0.1) is 0 Å². The van der Waals surface area contributed by atoms with E-state index in [2.05, 4.69) is 24.1 Å². The van der Waals surface area contributed by atoms with E-state index >= 15 is 0 Å². The Hall–Kier alpha value is -3.11. The van der Waals surface area contributed by atoms with Crippen LogP contribution in [0.25, 0.3) is 22.2 Å². The van der Waals surface area contributed by atoms with Crippen LogP contribution < -0.4 is 10.2 Å². The normalized spacial score (nSPS) is 12.8. The molecule has 0 radical (unpaired) electrons. The highest BCUT2D eigenvalue weighted by Crippen LogP contribution is 2.43. The molecule has 2 atom stereocenters. The van der Waals surface area contributed by atoms with Gasteiger partial charge in [0.15, 0.2) is 0 Å². The second-order valence-electron chi connectivity index (χ2n) is 13.4. The van der Waals surface area contributed by atoms with Crippen molar-refractivity contribution in [2.24, 2.45) is 11.3 Å². The second kappa shape index (κ2) is 21.2. The quantitative estimate of drug-likeness (QED) is 0.112. The van der Waals surface area contributed by atoms with Gasteiger partial charge in [-0.3, -0.25) is 9.78 Å². The number of anilines is 1. The maximum atomic E-state index is 14.0. The van der Waals surface area contributed by atoms with Crippen molar-refractivity contribution in [3.8, 4) is 11.3 Å². The van der Waals surface area contributed by atoms with Crippen LogP contribution in [0.2, 0.25) is 0 Å². The number of halogens is 3. The summed E-state index contributed by atoms with van der Waals surface area (Å²) in [7, 11) is 5.51. The molecule has 2 heterocycles. The predicted octanol–water partition coefficient (Wildman–Crippen LogP) is 9.93. The molecule has 278 valence electrons. The first-order valence-electron chi connectivity index (χ1n) is 17.7. The Morgan fingerprint density at radius 3 is 2.33 bits per heavy atom. The first-order valence-corrected chi connectivity index (χ1v) is 17.7. The van der Waals surface area contributed by atoms with Gasteiger partial charge < -0.3 is 24.3 Å². The fourth-order valence-electron chi connectivity index (χ4n) is 5.66. The van der Waals surface area contributed by atoms with Crippen molar-refractivity contribution in [2.75, 3.05) is 45.8 Å². The zero-order valence-corrected chi connectivity index (χ0v) is 32.2. The fourth-order valence-corrected chi connectivity index (χ4v) is 5.66. The van der Waals surface area contributed by atoms with E-state index in [-0.39, 0.29) is 6.61 Å². The third kappa shape index (κ3) is 13.6. The van der Waals surface area contributed by atoms with Crippen molar-refractivity contribution in [2.45, 2.75) is 113 Å². The van der Waals surface area contributed by atoms with E-state index in [0.717, 1.165) is 34.7 Å². The smallest absolute Gasteiger partial charge is 0.406 e. The van der Waals surface area contributed by atoms with Crippen LogP contribution in [-0.2, 0) is 27.2 Å². The monoisotopic (exact) mass is 692 g/mol. The Labute approximate surface area is 294 Å². The highest BCUT2D eigenvalue weighted by molar-refractivity contribution is 5.94. The average Bonchev–Trinajstić information content (AvgIpc) is 3.35. The van der Waals surface area contributed by atoms with Gasteiger partial charge in [-0.1, -0.05) is 60.8 Å². The number of fused-ring (bicyclic) bond motifs is 1. The number of pyridine rings is 1. The van der Waals surface area contributed by atoms with E-state index in [0.29, 0.717) is 35.4 Å². The first-order chi connectivity index (χ1) is 23.1. The molecule has 0 aliphatic heterocycles. The molecule has 0 amide bonds. The van der Waals surface area contributed by atoms with Gasteiger partial charge in [-0.25, -0.2) is 0 Å². The lowest BCUT2D eigenvalue weighted by Gasteiger charge is -2.25. The summed E-state index contributed by atoms with van der Waals surface area (Å²) in [4.78, 5) is 17.5. The van der Waals surface area contributed by atoms with Crippen LogP contribution >= 0.6 is 0 Å². The molecule has 0 fully saturated rings. The Morgan fingerprint density at radius 1 is 1.10 bits per heavy atom. The summed E-state index contributed by atoms with van der Waals surface area (Å²) in [6.07, 6.45) is 2.65. The SMILES string of the molecule is CC.CCC(C)CCCCNC.CCN(C)c1ccc2c(c1)c(CC(C)(C)COC=O)c(-c1cc(C)cnc1C(C)OC)n2CC(F)(F)F. The lowest BCUT2D eigenvalue weighted by Crippen LogP contribution is -2.23. The standard InChI is InChI=1S/C28H36F3N3O3.C9H21N.C2H6/c1-8-33(6)20-9-10-24-21(12-20)23(13-27(4,5)16-37-17-35)26(34(24)15-28(29,30)31)22-11-18(2)14-32-25(22)19(3)36-7;1-4-9(2)7-5-6-8-10-3;1-2/h9-12,14,17,19H,8,13,15-16H2,1-7H3;9-10H,4-8H2,1-3H3;1-2H3. The number of ether oxygens (including phenoxy) is 2. The summed E-state index contributed by atoms with van der Waals surface area (Å²) in [5.41, 5.74) is 4.05. The molecule has 10 heteroatoms. The van der Waals surface area contributed by atoms with Gasteiger partial charge in [0.05, 0.1) is 24.1 Å². The molecule has 7 nitrogen and oxygen atoms in total. The molecular weight excluding hydrogens is 629 g/mol. The number of rotatable bonds is 17. The van der Waals surface area contributed by atoms with Gasteiger partial charge in [0.1, 0.15) is 6.54 Å². The minimum Gasteiger partial charge on any atom is -0.467 e. The van der Waals surface area contributed by atoms with Gasteiger partial charge in [0.25, 0.3) is 6.47 Å². The molecule has 3 aromatic rings. The predicted molar refractivity (Wildman–Crippen MR) is 198 cm³/mol. The number of aryl methyl sites for hydroxylation is 1. The van der Waals surface area contributed by atoms with E-state index in [1.165, 1.54) is 36.8 Å². The molecule has 2 aromatic heterocycles. The van der Waals surface area contributed by atoms with Crippen LogP contribution in [0.15, 0.2) is 30.5 Å². The minimum atomic E-state index is -4.45. The summed E-state index contributed by atoms with van der Waals surface area (Å²) in [5.74, 6) is 0.928. The summed E-state index contributed by atoms with van der Waals surface area (Å²) in [6.45, 7) is 19.5. The molecule has 1 aromatic carbocycles. The summed E-state index contributed by atoms with van der Waals surface area (Å²) in [5, 5.41) is 3.89. The van der Waals surface area contributed by atoms with E-state index in [4.69, 9.17) is 9.47 Å². The second-order valence-corrected chi connectivity index (χ2v) is 13.4. The van der Waals surface area contributed by atoms with Gasteiger partial charge in [-0.2, -0.15) is 13.2 Å². The highest BCUT2D eigenvalue weighted by Gasteiger charge is 2.34. The molecule has 3 rings (SSSR count). The molecule has 0 saturated heterocycles. The summed E-state index contributed by atoms with van der Waals surface area (Å²) >= 11 is 0. The van der Waals surface area contributed by atoms with Crippen LogP contribution in [0, 0.1) is 18.3 Å². The van der Waals surface area contributed by atoms with Crippen LogP contribution in [0.1, 0.15) is 104 Å². The van der Waals surface area contributed by atoms with Crippen LogP contribution in [-0.4, -0.2) is 63.1 Å². The van der Waals surface area contributed by atoms with Crippen LogP contribution in [0.4, 0.5) is 18.9 Å². The van der Waals surface area contributed by atoms with E-state index in [9.17, 15) is 18.0 Å². The van der Waals surface area contributed by atoms with Crippen molar-refractivity contribution in [1.29, 1.82) is 0 Å². The topological polar surface area (TPSA) is 68.6 Å². The number of hydrogen-bond acceptors (Lipinski definition) is 6. The van der Waals surface area contributed by atoms with E-state index < -0.39 is 24.2 Å². The summed E-state index contributed by atoms with van der Waals surface area (Å²) < 4.78 is 54.0. The Morgan fingerprint density at radius 2 is 1.78 bits per heavy atom. The molecule has 0 bridgehead atoms. The maximum absolute atomic E-state index is 14.0. The van der Waals surface area contributed by atoms with Gasteiger partial charge in [0.2, 0.25) is 0 Å². The number of alkyl halides is 3. The molecule has 1 N–H and O–H groups in total. The number of unbranched alkanes of at least 4 members (excludes halogenated alkanes) is 1. The molecule has 0 aliphatic carbocycles. The molecule has 49 heavy (non-hydrogen) atoms. The minimum absolute atomic E-state index is 0.129. The van der Waals surface area contributed by atoms with Crippen molar-refractivity contribution < 1.29 is 27.4 Å². The fraction of sp³-hybridized carbons (Fsp3) is 0.641. The number of nitrogens with one attached hydrogen (secondary N) is 1. The van der Waals surface area contributed by atoms with Crippen molar-refractivity contribution in [1.82, 2.24) is 14.9 Å². The Bertz CT molecular complexity index is 1400. The van der Waals surface area contributed by atoms with Gasteiger partial charge in [-0.05, 0) is 88.5 Å². The molecule has 0 saturated carbocycles. The number of hydrogen-bond donors (Lipinski definition) is 1. The number of carbonyl (C=O) groups is 1. The van der Waals surface area contributed by atoms with E-state index in [1.807, 2.05) is 85.7 Å². The zero-order valence-electron chi connectivity index (χ0n) is 32.2. The Balaban J connectivity index is 0.000000858. The Kier molecular flexibility index (Phi) is 19.0. The van der Waals surface area contributed by atoms with E-state index in [1.54, 1.807) is 19.4 Å². The molecule has 0 spiro atoms. The number of carbonyl (C=O) groups excluding carboxylic acids is 1. The third-order valence-electron chi connectivity index (χ3n) is 8.72. The number of methoxy groups -OCH3 is 1. The van der Waals surface area contributed by atoms with Gasteiger partial charge >= 0.3 is 6.18 Å². The zero-order chi connectivity index (χ0) is 37.4. The molecule has 0 aliphatic rings. The van der Waals surface area contributed by atoms with Crippen LogP contribution in [0.5, 0.6) is 0 Å². The number of benzene rings is 1. The van der Waals surface area contributed by atoms with Crippen molar-refractivity contribution in [3.63, 3.8) is 0 Å². The number of aromatic nitrogens is 2. The first kappa shape index (κ1) is 43.9. The molecule has 2 unspecified atom stereocenters. The largest absolute Gasteiger partial charge is 0.467 e. The maximum Gasteiger partial charge on any atom is 0.406 e. The summed E-state index contributed by atoms with van der Waals surface area (Å²) in [6, 6.07) is 7.42. The average molecular weight is 693 g/mol. The number of nitrogens with zero attached hydrogens (tertiary/aromatic N) is 3. The van der Waals surface area contributed by atoms with Crippen LogP contribution in [0.3, 0.4) is 0 Å². The van der Waals surface area contributed by atoms with Crippen molar-refractivity contribution >= 4 is 23.1 Å². The lowest BCUT2D eigenvalue weighted by molar-refractivity contribution is -0.139. The molecular formula is C39H63F3N4O3. The third-order valence-corrected chi connectivity index (χ3v) is 8.72. The highest BCUT2D eigenvalue weighted by atomic mass is 19.4. The van der Waals surface area contributed by atoms with Gasteiger partial charge in [0, 0.05) is 54.5 Å².